The van der Waals surface area contributed by atoms with E-state index in [0.29, 0.717) is 31.5 Å². The molecule has 3 rings (SSSR count). The van der Waals surface area contributed by atoms with Crippen LogP contribution in [0.3, 0.4) is 0 Å². The third-order valence-electron chi connectivity index (χ3n) is 5.73. The third-order valence-corrected chi connectivity index (χ3v) is 5.73. The number of aromatic nitrogens is 3. The van der Waals surface area contributed by atoms with E-state index in [1.54, 1.807) is 43.8 Å². The Labute approximate surface area is 227 Å². The average Bonchev–Trinajstić information content (AvgIpc) is 3.57. The summed E-state index contributed by atoms with van der Waals surface area (Å²) in [6.07, 6.45) is 0.612. The molecule has 9 nitrogen and oxygen atoms in total. The minimum absolute atomic E-state index is 0.0874. The monoisotopic (exact) mass is 553 g/mol. The Hall–Kier alpha value is -3.41. The van der Waals surface area contributed by atoms with E-state index in [-0.39, 0.29) is 24.7 Å². The highest BCUT2D eigenvalue weighted by molar-refractivity contribution is 5.78. The highest BCUT2D eigenvalue weighted by Crippen LogP contribution is 2.29. The lowest BCUT2D eigenvalue weighted by atomic mass is 10.1. The van der Waals surface area contributed by atoms with E-state index in [4.69, 9.17) is 9.47 Å². The minimum Gasteiger partial charge on any atom is -0.444 e. The van der Waals surface area contributed by atoms with Crippen molar-refractivity contribution in [1.82, 2.24) is 25.2 Å². The number of aromatic amines is 1. The summed E-state index contributed by atoms with van der Waals surface area (Å²) >= 11 is 0. The summed E-state index contributed by atoms with van der Waals surface area (Å²) in [4.78, 5) is 26.5. The number of benzene rings is 1. The number of allylic oxidation sites excluding steroid dienone is 1. The Balaban J connectivity index is 0.000000306. The van der Waals surface area contributed by atoms with Gasteiger partial charge in [-0.3, -0.25) is 4.79 Å². The topological polar surface area (TPSA) is 101 Å². The van der Waals surface area contributed by atoms with Crippen LogP contribution in [-0.4, -0.2) is 69.1 Å². The Bertz CT molecular complexity index is 1080. The lowest BCUT2D eigenvalue weighted by Crippen LogP contribution is -2.36. The van der Waals surface area contributed by atoms with Crippen molar-refractivity contribution >= 4 is 17.6 Å². The lowest BCUT2D eigenvalue weighted by Gasteiger charge is -2.24. The third kappa shape index (κ3) is 10.7. The lowest BCUT2D eigenvalue weighted by molar-refractivity contribution is -0.137. The van der Waals surface area contributed by atoms with Gasteiger partial charge in [-0.05, 0) is 56.9 Å². The summed E-state index contributed by atoms with van der Waals surface area (Å²) in [7, 11) is 1.75. The van der Waals surface area contributed by atoms with E-state index in [2.05, 4.69) is 15.4 Å². The van der Waals surface area contributed by atoms with Gasteiger partial charge in [-0.2, -0.15) is 28.6 Å². The Morgan fingerprint density at radius 3 is 2.33 bits per heavy atom. The first-order valence-electron chi connectivity index (χ1n) is 12.8. The van der Waals surface area contributed by atoms with Gasteiger partial charge >= 0.3 is 12.3 Å². The minimum atomic E-state index is -4.33. The fourth-order valence-corrected chi connectivity index (χ4v) is 3.61. The normalized spacial score (nSPS) is 16.0. The maximum atomic E-state index is 12.5. The van der Waals surface area contributed by atoms with E-state index < -0.39 is 17.3 Å². The average molecular weight is 554 g/mol. The van der Waals surface area contributed by atoms with Gasteiger partial charge < -0.3 is 19.3 Å². The largest absolute Gasteiger partial charge is 0.444 e. The Morgan fingerprint density at radius 1 is 1.15 bits per heavy atom. The molecule has 1 N–H and O–H groups in total. The van der Waals surface area contributed by atoms with Crippen LogP contribution in [0.1, 0.15) is 70.7 Å². The second-order valence-corrected chi connectivity index (χ2v) is 10.1. The van der Waals surface area contributed by atoms with Gasteiger partial charge in [0.2, 0.25) is 5.91 Å². The van der Waals surface area contributed by atoms with Crippen molar-refractivity contribution in [2.45, 2.75) is 78.4 Å². The smallest absolute Gasteiger partial charge is 0.416 e. The molecular formula is C27H38F3N5O4. The van der Waals surface area contributed by atoms with Crippen LogP contribution < -0.4 is 0 Å². The second-order valence-electron chi connectivity index (χ2n) is 10.1. The van der Waals surface area contributed by atoms with Crippen LogP contribution in [0.25, 0.3) is 5.57 Å². The standard InChI is InChI=1S/C17H22F3NO3.C10H16N4O/c1-16(2,3)24-15(22)21-9-8-14(10-21)23-11-12-4-6-13(7-5-12)17(18,19)20;1-4-8(9-6-11-13-12-9)7-14(3)10(15)5-2/h4-7,14H,8-11H2,1-3H3;6-7H,4-5H2,1-3H3,(H,11,12,13)/b;8-7+. The van der Waals surface area contributed by atoms with Gasteiger partial charge in [0.25, 0.3) is 0 Å². The van der Waals surface area contributed by atoms with Crippen LogP contribution in [0.2, 0.25) is 0 Å². The van der Waals surface area contributed by atoms with Crippen LogP contribution in [0.4, 0.5) is 18.0 Å². The summed E-state index contributed by atoms with van der Waals surface area (Å²) in [6, 6.07) is 4.90. The molecule has 12 heteroatoms. The second kappa shape index (κ2) is 14.1. The number of ether oxygens (including phenoxy) is 2. The van der Waals surface area contributed by atoms with Gasteiger partial charge in [0.05, 0.1) is 31.0 Å². The molecule has 1 aliphatic heterocycles. The maximum absolute atomic E-state index is 12.5. The van der Waals surface area contributed by atoms with E-state index in [9.17, 15) is 22.8 Å². The van der Waals surface area contributed by atoms with Crippen LogP contribution in [0.5, 0.6) is 0 Å². The van der Waals surface area contributed by atoms with Gasteiger partial charge in [-0.15, -0.1) is 0 Å². The van der Waals surface area contributed by atoms with Crippen LogP contribution in [0, 0.1) is 0 Å². The number of halogens is 3. The van der Waals surface area contributed by atoms with Crippen molar-refractivity contribution in [3.8, 4) is 0 Å². The molecule has 0 radical (unpaired) electrons. The van der Waals surface area contributed by atoms with Crippen LogP contribution in [0.15, 0.2) is 36.7 Å². The molecule has 2 amide bonds. The molecule has 1 saturated heterocycles. The van der Waals surface area contributed by atoms with Crippen molar-refractivity contribution < 1.29 is 32.2 Å². The first-order valence-corrected chi connectivity index (χ1v) is 12.8. The number of rotatable bonds is 7. The molecule has 39 heavy (non-hydrogen) atoms. The Kier molecular flexibility index (Phi) is 11.5. The van der Waals surface area contributed by atoms with Gasteiger partial charge in [0.15, 0.2) is 0 Å². The number of nitrogens with one attached hydrogen (secondary N) is 1. The van der Waals surface area contributed by atoms with Crippen molar-refractivity contribution in [3.63, 3.8) is 0 Å². The number of hydrogen-bond acceptors (Lipinski definition) is 6. The van der Waals surface area contributed by atoms with Crippen molar-refractivity contribution in [1.29, 1.82) is 0 Å². The molecular weight excluding hydrogens is 515 g/mol. The number of likely N-dealkylation sites (tertiary alicyclic amines) is 1. The van der Waals surface area contributed by atoms with E-state index in [1.807, 2.05) is 20.0 Å². The molecule has 1 aliphatic rings. The quantitative estimate of drug-likeness (QED) is 0.475. The zero-order valence-electron chi connectivity index (χ0n) is 23.3. The number of H-pyrrole nitrogens is 1. The number of carbonyl (C=O) groups excluding carboxylic acids is 2. The predicted molar refractivity (Wildman–Crippen MR) is 140 cm³/mol. The van der Waals surface area contributed by atoms with E-state index >= 15 is 0 Å². The number of amides is 2. The maximum Gasteiger partial charge on any atom is 0.416 e. The molecule has 2 heterocycles. The van der Waals surface area contributed by atoms with Gasteiger partial charge in [0.1, 0.15) is 11.3 Å². The SMILES string of the molecule is CC(C)(C)OC(=O)N1CCC(OCc2ccc(C(F)(F)F)cc2)C1.CCC(=O)N(C)/C=C(\CC)c1cn[nH]n1. The summed E-state index contributed by atoms with van der Waals surface area (Å²) in [5.41, 5.74) is 1.22. The first-order chi connectivity index (χ1) is 18.2. The molecule has 1 unspecified atom stereocenters. The molecule has 1 aromatic carbocycles. The summed E-state index contributed by atoms with van der Waals surface area (Å²) in [5, 5.41) is 10.3. The molecule has 1 aromatic heterocycles. The predicted octanol–water partition coefficient (Wildman–Crippen LogP) is 5.66. The fraction of sp³-hybridized carbons (Fsp3) is 0.556. The van der Waals surface area contributed by atoms with Gasteiger partial charge in [-0.25, -0.2) is 4.79 Å². The first kappa shape index (κ1) is 31.8. The molecule has 0 spiro atoms. The molecule has 2 aromatic rings. The van der Waals surface area contributed by atoms with E-state index in [1.165, 1.54) is 12.1 Å². The number of alkyl halides is 3. The molecule has 216 valence electrons. The fourth-order valence-electron chi connectivity index (χ4n) is 3.61. The molecule has 0 saturated carbocycles. The molecule has 1 fully saturated rings. The van der Waals surface area contributed by atoms with Gasteiger partial charge in [-0.1, -0.05) is 26.0 Å². The highest BCUT2D eigenvalue weighted by atomic mass is 19.4. The zero-order chi connectivity index (χ0) is 29.2. The number of nitrogens with zero attached hydrogens (tertiary/aromatic N) is 4. The highest BCUT2D eigenvalue weighted by Gasteiger charge is 2.31. The summed E-state index contributed by atoms with van der Waals surface area (Å²) in [5.74, 6) is 0.0874. The summed E-state index contributed by atoms with van der Waals surface area (Å²) < 4.78 is 48.5. The molecule has 1 atom stereocenters. The number of carbonyl (C=O) groups is 2. The van der Waals surface area contributed by atoms with Crippen molar-refractivity contribution in [2.75, 3.05) is 20.1 Å². The Morgan fingerprint density at radius 2 is 1.82 bits per heavy atom. The molecule has 0 aliphatic carbocycles. The zero-order valence-corrected chi connectivity index (χ0v) is 23.3. The van der Waals surface area contributed by atoms with Crippen molar-refractivity contribution in [3.05, 3.63) is 53.5 Å². The molecule has 0 bridgehead atoms. The van der Waals surface area contributed by atoms with E-state index in [0.717, 1.165) is 29.8 Å². The van der Waals surface area contributed by atoms with Gasteiger partial charge in [0, 0.05) is 26.2 Å². The van der Waals surface area contributed by atoms with Crippen molar-refractivity contribution in [2.24, 2.45) is 0 Å². The number of hydrogen-bond donors (Lipinski definition) is 1. The summed E-state index contributed by atoms with van der Waals surface area (Å²) in [6.45, 7) is 10.5. The van der Waals surface area contributed by atoms with Crippen LogP contribution >= 0.6 is 0 Å². The van der Waals surface area contributed by atoms with Crippen LogP contribution in [-0.2, 0) is 27.1 Å².